The van der Waals surface area contributed by atoms with Gasteiger partial charge in [-0.15, -0.1) is 0 Å². The first kappa shape index (κ1) is 22.3. The fraction of sp³-hybridized carbons (Fsp3) is 0.391. The summed E-state index contributed by atoms with van der Waals surface area (Å²) in [4.78, 5) is 25.0. The lowest BCUT2D eigenvalue weighted by molar-refractivity contribution is -0.122. The van der Waals surface area contributed by atoms with Gasteiger partial charge in [-0.25, -0.2) is 8.42 Å². The average Bonchev–Trinajstić information content (AvgIpc) is 3.22. The van der Waals surface area contributed by atoms with Crippen LogP contribution in [-0.4, -0.2) is 43.2 Å². The van der Waals surface area contributed by atoms with Crippen molar-refractivity contribution in [3.8, 4) is 5.75 Å². The monoisotopic (exact) mass is 457 g/mol. The molecule has 1 saturated heterocycles. The molecular formula is C23H27N3O5S. The van der Waals surface area contributed by atoms with Crippen LogP contribution >= 0.6 is 0 Å². The number of carbonyl (C=O) groups is 2. The number of hydrogen-bond acceptors (Lipinski definition) is 5. The molecule has 0 aromatic heterocycles. The zero-order valence-corrected chi connectivity index (χ0v) is 19.4. The highest BCUT2D eigenvalue weighted by Crippen LogP contribution is 2.37. The summed E-state index contributed by atoms with van der Waals surface area (Å²) < 4.78 is 34.0. The molecule has 2 heterocycles. The van der Waals surface area contributed by atoms with Crippen LogP contribution in [0.4, 0.5) is 11.4 Å². The first-order valence-electron chi connectivity index (χ1n) is 10.6. The van der Waals surface area contributed by atoms with Crippen LogP contribution in [0.5, 0.6) is 5.75 Å². The zero-order valence-electron chi connectivity index (χ0n) is 18.6. The molecule has 8 nitrogen and oxygen atoms in total. The third-order valence-electron chi connectivity index (χ3n) is 5.95. The van der Waals surface area contributed by atoms with Crippen LogP contribution in [0.15, 0.2) is 35.2 Å². The molecule has 2 aromatic carbocycles. The Kier molecular flexibility index (Phi) is 5.72. The Morgan fingerprint density at radius 3 is 2.66 bits per heavy atom. The van der Waals surface area contributed by atoms with Crippen LogP contribution in [-0.2, 0) is 19.6 Å². The maximum atomic E-state index is 13.6. The van der Waals surface area contributed by atoms with Gasteiger partial charge in [0.25, 0.3) is 5.91 Å². The molecule has 9 heteroatoms. The van der Waals surface area contributed by atoms with Gasteiger partial charge >= 0.3 is 0 Å². The number of nitrogens with zero attached hydrogens (tertiary/aromatic N) is 1. The van der Waals surface area contributed by atoms with Crippen LogP contribution in [0.3, 0.4) is 0 Å². The summed E-state index contributed by atoms with van der Waals surface area (Å²) in [6, 6.07) is 7.99. The van der Waals surface area contributed by atoms with Crippen molar-refractivity contribution < 1.29 is 22.7 Å². The Hall–Kier alpha value is -2.91. The normalized spacial score (nSPS) is 20.9. The largest absolute Gasteiger partial charge is 0.479 e. The predicted molar refractivity (Wildman–Crippen MR) is 121 cm³/mol. The Balaban J connectivity index is 1.63. The van der Waals surface area contributed by atoms with Gasteiger partial charge < -0.3 is 15.4 Å². The summed E-state index contributed by atoms with van der Waals surface area (Å²) in [5.74, 6) is -0.320. The van der Waals surface area contributed by atoms with Gasteiger partial charge in [0.1, 0.15) is 11.8 Å². The van der Waals surface area contributed by atoms with Gasteiger partial charge in [-0.05, 0) is 69.4 Å². The minimum atomic E-state index is -3.96. The number of amides is 2. The van der Waals surface area contributed by atoms with Crippen LogP contribution in [0.25, 0.3) is 0 Å². The summed E-state index contributed by atoms with van der Waals surface area (Å²) in [5.41, 5.74) is 3.52. The molecule has 0 aliphatic carbocycles. The lowest BCUT2D eigenvalue weighted by Crippen LogP contribution is -2.43. The van der Waals surface area contributed by atoms with E-state index in [1.807, 2.05) is 32.0 Å². The highest BCUT2D eigenvalue weighted by molar-refractivity contribution is 7.89. The molecule has 2 aliphatic heterocycles. The van der Waals surface area contributed by atoms with Gasteiger partial charge in [-0.1, -0.05) is 12.1 Å². The minimum Gasteiger partial charge on any atom is -0.479 e. The van der Waals surface area contributed by atoms with Gasteiger partial charge in [0, 0.05) is 18.3 Å². The van der Waals surface area contributed by atoms with Crippen molar-refractivity contribution in [2.24, 2.45) is 0 Å². The van der Waals surface area contributed by atoms with E-state index in [1.54, 1.807) is 19.9 Å². The zero-order chi connectivity index (χ0) is 23.2. The summed E-state index contributed by atoms with van der Waals surface area (Å²) in [5, 5.41) is 5.63. The molecule has 2 N–H and O–H groups in total. The first-order chi connectivity index (χ1) is 15.1. The maximum Gasteiger partial charge on any atom is 0.265 e. The molecule has 32 heavy (non-hydrogen) atoms. The topological polar surface area (TPSA) is 105 Å². The number of benzene rings is 2. The average molecular weight is 458 g/mol. The predicted octanol–water partition coefficient (Wildman–Crippen LogP) is 3.12. The molecule has 2 amide bonds. The fourth-order valence-corrected chi connectivity index (χ4v) is 6.00. The molecule has 0 unspecified atom stereocenters. The molecule has 0 bridgehead atoms. The number of fused-ring (bicyclic) bond motifs is 1. The number of sulfonamides is 1. The Bertz CT molecular complexity index is 1210. The van der Waals surface area contributed by atoms with E-state index >= 15 is 0 Å². The molecule has 2 aromatic rings. The van der Waals surface area contributed by atoms with Gasteiger partial charge in [0.05, 0.1) is 10.6 Å². The Morgan fingerprint density at radius 2 is 1.91 bits per heavy atom. The van der Waals surface area contributed by atoms with Crippen LogP contribution in [0.2, 0.25) is 0 Å². The number of hydrogen-bond donors (Lipinski definition) is 2. The number of aryl methyl sites for hydroxylation is 3. The fourth-order valence-electron chi connectivity index (χ4n) is 4.12. The van der Waals surface area contributed by atoms with Gasteiger partial charge in [-0.2, -0.15) is 4.31 Å². The van der Waals surface area contributed by atoms with Crippen molar-refractivity contribution >= 4 is 33.2 Å². The second kappa shape index (κ2) is 8.22. The second-order valence-electron chi connectivity index (χ2n) is 8.44. The van der Waals surface area contributed by atoms with Gasteiger partial charge in [0.2, 0.25) is 15.9 Å². The summed E-state index contributed by atoms with van der Waals surface area (Å²) in [6.45, 7) is 7.36. The van der Waals surface area contributed by atoms with Gasteiger partial charge in [-0.3, -0.25) is 9.59 Å². The van der Waals surface area contributed by atoms with Crippen molar-refractivity contribution in [3.05, 3.63) is 47.0 Å². The van der Waals surface area contributed by atoms with E-state index in [9.17, 15) is 18.0 Å². The first-order valence-corrected chi connectivity index (χ1v) is 12.0. The smallest absolute Gasteiger partial charge is 0.265 e. The number of carbonyl (C=O) groups excluding carboxylic acids is 2. The number of rotatable bonds is 4. The molecule has 0 radical (unpaired) electrons. The molecule has 170 valence electrons. The molecular weight excluding hydrogens is 430 g/mol. The van der Waals surface area contributed by atoms with E-state index in [4.69, 9.17) is 4.74 Å². The summed E-state index contributed by atoms with van der Waals surface area (Å²) in [6.07, 6.45) is 0.324. The SMILES string of the molecule is Cc1ccc(C)c(NC(=O)[C@H]2CCCN2S(=O)(=O)c2cc3c(cc2C)NC(=O)[C@@H](C)O3)c1. The third-order valence-corrected chi connectivity index (χ3v) is 8.00. The number of ether oxygens (including phenoxy) is 1. The van der Waals surface area contributed by atoms with E-state index in [-0.39, 0.29) is 23.3 Å². The van der Waals surface area contributed by atoms with Crippen molar-refractivity contribution in [2.75, 3.05) is 17.2 Å². The van der Waals surface area contributed by atoms with E-state index in [0.29, 0.717) is 35.5 Å². The molecule has 1 fully saturated rings. The van der Waals surface area contributed by atoms with E-state index < -0.39 is 22.2 Å². The van der Waals surface area contributed by atoms with Crippen LogP contribution in [0, 0.1) is 20.8 Å². The Labute approximate surface area is 188 Å². The van der Waals surface area contributed by atoms with Crippen molar-refractivity contribution in [2.45, 2.75) is 57.6 Å². The standard InChI is InChI=1S/C23H27N3O5S/c1-13-7-8-14(2)17(10-13)24-23(28)19-6-5-9-26(19)32(29,30)21-12-20-18(11-15(21)3)25-22(27)16(4)31-20/h7-8,10-12,16,19H,5-6,9H2,1-4H3,(H,24,28)(H,25,27)/t16-,19-/m1/s1. The van der Waals surface area contributed by atoms with Crippen molar-refractivity contribution in [1.29, 1.82) is 0 Å². The highest BCUT2D eigenvalue weighted by Gasteiger charge is 2.41. The molecule has 0 saturated carbocycles. The second-order valence-corrected chi connectivity index (χ2v) is 10.3. The maximum absolute atomic E-state index is 13.6. The Morgan fingerprint density at radius 1 is 1.16 bits per heavy atom. The number of anilines is 2. The van der Waals surface area contributed by atoms with E-state index in [2.05, 4.69) is 10.6 Å². The van der Waals surface area contributed by atoms with Gasteiger partial charge in [0.15, 0.2) is 6.10 Å². The van der Waals surface area contributed by atoms with Crippen molar-refractivity contribution in [1.82, 2.24) is 4.31 Å². The third kappa shape index (κ3) is 3.98. The summed E-state index contributed by atoms with van der Waals surface area (Å²) in [7, 11) is -3.96. The number of nitrogens with one attached hydrogen (secondary N) is 2. The van der Waals surface area contributed by atoms with Crippen LogP contribution in [0.1, 0.15) is 36.5 Å². The summed E-state index contributed by atoms with van der Waals surface area (Å²) >= 11 is 0. The molecule has 2 aliphatic rings. The molecule has 4 rings (SSSR count). The molecule has 2 atom stereocenters. The lowest BCUT2D eigenvalue weighted by Gasteiger charge is -2.27. The quantitative estimate of drug-likeness (QED) is 0.734. The van der Waals surface area contributed by atoms with E-state index in [0.717, 1.165) is 11.1 Å². The van der Waals surface area contributed by atoms with Crippen LogP contribution < -0.4 is 15.4 Å². The van der Waals surface area contributed by atoms with Crippen molar-refractivity contribution in [3.63, 3.8) is 0 Å². The minimum absolute atomic E-state index is 0.0750. The lowest BCUT2D eigenvalue weighted by atomic mass is 10.1. The molecule has 0 spiro atoms. The van der Waals surface area contributed by atoms with E-state index in [1.165, 1.54) is 10.4 Å². The highest BCUT2D eigenvalue weighted by atomic mass is 32.2.